The van der Waals surface area contributed by atoms with Crippen molar-refractivity contribution < 1.29 is 9.90 Å². The number of benzene rings is 1. The number of amides is 1. The third-order valence-electron chi connectivity index (χ3n) is 4.47. The van der Waals surface area contributed by atoms with E-state index in [0.29, 0.717) is 19.4 Å². The van der Waals surface area contributed by atoms with Crippen LogP contribution in [0.3, 0.4) is 0 Å². The number of carbonyl (C=O) groups is 1. The van der Waals surface area contributed by atoms with Gasteiger partial charge in [-0.1, -0.05) is 30.3 Å². The Hall–Kier alpha value is -2.51. The fourth-order valence-corrected chi connectivity index (χ4v) is 4.08. The zero-order valence-electron chi connectivity index (χ0n) is 16.5. The first-order valence-electron chi connectivity index (χ1n) is 9.36. The van der Waals surface area contributed by atoms with Gasteiger partial charge in [0.25, 0.3) is 0 Å². The number of rotatable bonds is 8. The number of hydrogen-bond acceptors (Lipinski definition) is 6. The van der Waals surface area contributed by atoms with Crippen molar-refractivity contribution in [2.75, 3.05) is 18.5 Å². The molecule has 2 aromatic heterocycles. The summed E-state index contributed by atoms with van der Waals surface area (Å²) in [6.45, 7) is 6.24. The molecule has 0 fully saturated rings. The molecule has 2 heterocycles. The first kappa shape index (κ1) is 20.2. The van der Waals surface area contributed by atoms with Gasteiger partial charge in [-0.15, -0.1) is 11.3 Å². The Morgan fingerprint density at radius 1 is 1.21 bits per heavy atom. The molecule has 3 N–H and O–H groups in total. The minimum absolute atomic E-state index is 0.0648. The molecular weight excluding hydrogens is 372 g/mol. The second kappa shape index (κ2) is 8.67. The minimum atomic E-state index is -0.595. The maximum Gasteiger partial charge on any atom is 0.220 e. The van der Waals surface area contributed by atoms with Crippen LogP contribution >= 0.6 is 11.3 Å². The predicted molar refractivity (Wildman–Crippen MR) is 115 cm³/mol. The number of aromatic nitrogens is 2. The van der Waals surface area contributed by atoms with Gasteiger partial charge in [-0.2, -0.15) is 0 Å². The molecule has 0 unspecified atom stereocenters. The zero-order chi connectivity index (χ0) is 20.1. The van der Waals surface area contributed by atoms with E-state index < -0.39 is 5.54 Å². The maximum atomic E-state index is 12.0. The van der Waals surface area contributed by atoms with E-state index in [1.807, 2.05) is 18.2 Å². The number of hydrogen-bond donors (Lipinski definition) is 3. The number of carbonyl (C=O) groups excluding carboxylic acids is 1. The van der Waals surface area contributed by atoms with Gasteiger partial charge in [-0.05, 0) is 32.8 Å². The average Bonchev–Trinajstić information content (AvgIpc) is 3.02. The Balaban J connectivity index is 1.71. The molecule has 7 heteroatoms. The fraction of sp³-hybridized carbons (Fsp3) is 0.381. The van der Waals surface area contributed by atoms with Crippen LogP contribution in [0.1, 0.15) is 31.6 Å². The van der Waals surface area contributed by atoms with Crippen molar-refractivity contribution in [1.29, 1.82) is 0 Å². The number of thiophene rings is 1. The summed E-state index contributed by atoms with van der Waals surface area (Å²) in [4.78, 5) is 23.0. The van der Waals surface area contributed by atoms with Crippen LogP contribution in [0.5, 0.6) is 0 Å². The number of nitrogens with one attached hydrogen (secondary N) is 2. The van der Waals surface area contributed by atoms with E-state index in [-0.39, 0.29) is 12.5 Å². The molecule has 6 nitrogen and oxygen atoms in total. The van der Waals surface area contributed by atoms with Crippen LogP contribution < -0.4 is 10.6 Å². The van der Waals surface area contributed by atoms with Crippen LogP contribution in [0.4, 0.5) is 5.82 Å². The molecule has 148 valence electrons. The molecule has 0 aliphatic carbocycles. The summed E-state index contributed by atoms with van der Waals surface area (Å²) in [6, 6.07) is 10.3. The Labute approximate surface area is 169 Å². The van der Waals surface area contributed by atoms with E-state index in [4.69, 9.17) is 0 Å². The fourth-order valence-electron chi connectivity index (χ4n) is 3.07. The van der Waals surface area contributed by atoms with Crippen LogP contribution in [-0.2, 0) is 4.79 Å². The molecule has 0 aliphatic heterocycles. The second-order valence-corrected chi connectivity index (χ2v) is 8.63. The SMILES string of the molecule is Cc1sc2ncnc(NCCCC(=O)NC(C)(C)CO)c2c1-c1ccccc1. The third-order valence-corrected chi connectivity index (χ3v) is 5.49. The van der Waals surface area contributed by atoms with Crippen LogP contribution in [0.25, 0.3) is 21.3 Å². The molecule has 0 saturated carbocycles. The summed E-state index contributed by atoms with van der Waals surface area (Å²) >= 11 is 1.66. The van der Waals surface area contributed by atoms with Gasteiger partial charge in [0, 0.05) is 23.4 Å². The van der Waals surface area contributed by atoms with E-state index in [9.17, 15) is 9.90 Å². The summed E-state index contributed by atoms with van der Waals surface area (Å²) in [5, 5.41) is 16.5. The average molecular weight is 399 g/mol. The van der Waals surface area contributed by atoms with Gasteiger partial charge in [0.05, 0.1) is 17.5 Å². The topological polar surface area (TPSA) is 87.1 Å². The summed E-state index contributed by atoms with van der Waals surface area (Å²) in [5.74, 6) is 0.731. The molecule has 0 saturated heterocycles. The first-order valence-corrected chi connectivity index (χ1v) is 10.2. The number of aliphatic hydroxyl groups excluding tert-OH is 1. The Morgan fingerprint density at radius 3 is 2.68 bits per heavy atom. The highest BCUT2D eigenvalue weighted by Crippen LogP contribution is 2.40. The molecule has 3 rings (SSSR count). The van der Waals surface area contributed by atoms with Crippen molar-refractivity contribution in [3.8, 4) is 11.1 Å². The van der Waals surface area contributed by atoms with Gasteiger partial charge >= 0.3 is 0 Å². The molecule has 28 heavy (non-hydrogen) atoms. The normalized spacial score (nSPS) is 11.6. The highest BCUT2D eigenvalue weighted by Gasteiger charge is 2.19. The van der Waals surface area contributed by atoms with Gasteiger partial charge < -0.3 is 15.7 Å². The van der Waals surface area contributed by atoms with Crippen molar-refractivity contribution >= 4 is 33.3 Å². The summed E-state index contributed by atoms with van der Waals surface area (Å²) < 4.78 is 0. The highest BCUT2D eigenvalue weighted by molar-refractivity contribution is 7.19. The molecule has 0 aliphatic rings. The first-order chi connectivity index (χ1) is 13.4. The van der Waals surface area contributed by atoms with Crippen molar-refractivity contribution in [2.24, 2.45) is 0 Å². The summed E-state index contributed by atoms with van der Waals surface area (Å²) in [7, 11) is 0. The van der Waals surface area contributed by atoms with Crippen molar-refractivity contribution in [2.45, 2.75) is 39.2 Å². The van der Waals surface area contributed by atoms with Gasteiger partial charge in [-0.25, -0.2) is 9.97 Å². The van der Waals surface area contributed by atoms with Gasteiger partial charge in [-0.3, -0.25) is 4.79 Å². The molecule has 0 spiro atoms. The molecule has 3 aromatic rings. The smallest absolute Gasteiger partial charge is 0.220 e. The summed E-state index contributed by atoms with van der Waals surface area (Å²) in [5.41, 5.74) is 1.71. The molecule has 0 radical (unpaired) electrons. The van der Waals surface area contributed by atoms with Crippen LogP contribution in [0.15, 0.2) is 36.7 Å². The van der Waals surface area contributed by atoms with Crippen molar-refractivity contribution in [3.63, 3.8) is 0 Å². The third kappa shape index (κ3) is 4.66. The maximum absolute atomic E-state index is 12.0. The molecular formula is C21H26N4O2S. The largest absolute Gasteiger partial charge is 0.394 e. The quantitative estimate of drug-likeness (QED) is 0.503. The number of anilines is 1. The zero-order valence-corrected chi connectivity index (χ0v) is 17.3. The predicted octanol–water partition coefficient (Wildman–Crippen LogP) is 3.75. The number of fused-ring (bicyclic) bond motifs is 1. The van der Waals surface area contributed by atoms with Crippen molar-refractivity contribution in [3.05, 3.63) is 41.5 Å². The highest BCUT2D eigenvalue weighted by atomic mass is 32.1. The van der Waals surface area contributed by atoms with Crippen LogP contribution in [0.2, 0.25) is 0 Å². The lowest BCUT2D eigenvalue weighted by Gasteiger charge is -2.23. The standard InChI is InChI=1S/C21H26N4O2S/c1-14-17(15-8-5-4-6-9-15)18-19(23-13-24-20(18)28-14)22-11-7-10-16(27)25-21(2,3)12-26/h4-6,8-9,13,26H,7,10-12H2,1-3H3,(H,25,27)(H,22,23,24). The van der Waals surface area contributed by atoms with E-state index in [1.165, 1.54) is 4.88 Å². The lowest BCUT2D eigenvalue weighted by atomic mass is 10.0. The van der Waals surface area contributed by atoms with E-state index in [1.54, 1.807) is 31.5 Å². The number of aryl methyl sites for hydroxylation is 1. The summed E-state index contributed by atoms with van der Waals surface area (Å²) in [6.07, 6.45) is 2.63. The Kier molecular flexibility index (Phi) is 6.26. The van der Waals surface area contributed by atoms with E-state index in [2.05, 4.69) is 39.7 Å². The number of aliphatic hydroxyl groups is 1. The molecule has 0 atom stereocenters. The Bertz CT molecular complexity index is 954. The van der Waals surface area contributed by atoms with Crippen LogP contribution in [-0.4, -0.2) is 39.7 Å². The second-order valence-electron chi connectivity index (χ2n) is 7.42. The van der Waals surface area contributed by atoms with E-state index in [0.717, 1.165) is 27.2 Å². The molecule has 1 aromatic carbocycles. The van der Waals surface area contributed by atoms with Gasteiger partial charge in [0.15, 0.2) is 0 Å². The van der Waals surface area contributed by atoms with Crippen LogP contribution in [0, 0.1) is 6.92 Å². The monoisotopic (exact) mass is 398 g/mol. The lowest BCUT2D eigenvalue weighted by Crippen LogP contribution is -2.46. The Morgan fingerprint density at radius 2 is 1.96 bits per heavy atom. The van der Waals surface area contributed by atoms with Gasteiger partial charge in [0.2, 0.25) is 5.91 Å². The molecule has 1 amide bonds. The number of nitrogens with zero attached hydrogens (tertiary/aromatic N) is 2. The van der Waals surface area contributed by atoms with E-state index >= 15 is 0 Å². The van der Waals surface area contributed by atoms with Gasteiger partial charge in [0.1, 0.15) is 17.0 Å². The minimum Gasteiger partial charge on any atom is -0.394 e. The lowest BCUT2D eigenvalue weighted by molar-refractivity contribution is -0.123. The molecule has 0 bridgehead atoms. The van der Waals surface area contributed by atoms with Crippen molar-refractivity contribution in [1.82, 2.24) is 15.3 Å².